The molecular formula is C14H15N3O2. The molecule has 0 saturated carbocycles. The van der Waals surface area contributed by atoms with Crippen molar-refractivity contribution < 1.29 is 4.92 Å². The SMILES string of the molecule is CNc1cc([N+](=O)[O-])cc(-c2cc(C)ccc2C)n1. The maximum Gasteiger partial charge on any atom is 0.275 e. The van der Waals surface area contributed by atoms with Gasteiger partial charge in [0.2, 0.25) is 0 Å². The first-order valence-corrected chi connectivity index (χ1v) is 5.93. The van der Waals surface area contributed by atoms with Crippen LogP contribution in [0.1, 0.15) is 11.1 Å². The van der Waals surface area contributed by atoms with Gasteiger partial charge in [-0.15, -0.1) is 0 Å². The number of pyridine rings is 1. The third kappa shape index (κ3) is 2.70. The van der Waals surface area contributed by atoms with Gasteiger partial charge in [-0.1, -0.05) is 17.7 Å². The number of benzene rings is 1. The molecule has 0 aliphatic rings. The fourth-order valence-electron chi connectivity index (χ4n) is 1.90. The van der Waals surface area contributed by atoms with Crippen molar-refractivity contribution in [1.29, 1.82) is 0 Å². The minimum absolute atomic E-state index is 0.0373. The number of hydrogen-bond donors (Lipinski definition) is 1. The smallest absolute Gasteiger partial charge is 0.275 e. The van der Waals surface area contributed by atoms with Crippen LogP contribution in [0.5, 0.6) is 0 Å². The Morgan fingerprint density at radius 1 is 1.21 bits per heavy atom. The summed E-state index contributed by atoms with van der Waals surface area (Å²) in [6.45, 7) is 3.95. The number of anilines is 1. The summed E-state index contributed by atoms with van der Waals surface area (Å²) in [5.41, 5.74) is 3.70. The van der Waals surface area contributed by atoms with Crippen molar-refractivity contribution in [3.63, 3.8) is 0 Å². The molecule has 0 atom stereocenters. The Labute approximate surface area is 111 Å². The second-order valence-electron chi connectivity index (χ2n) is 4.42. The molecule has 98 valence electrons. The Morgan fingerprint density at radius 3 is 2.58 bits per heavy atom. The van der Waals surface area contributed by atoms with Gasteiger partial charge in [-0.05, 0) is 25.5 Å². The van der Waals surface area contributed by atoms with Crippen molar-refractivity contribution in [2.45, 2.75) is 13.8 Å². The molecule has 0 saturated heterocycles. The Morgan fingerprint density at radius 2 is 1.95 bits per heavy atom. The molecule has 0 aliphatic heterocycles. The highest BCUT2D eigenvalue weighted by Crippen LogP contribution is 2.28. The van der Waals surface area contributed by atoms with Crippen LogP contribution in [-0.2, 0) is 0 Å². The highest BCUT2D eigenvalue weighted by atomic mass is 16.6. The number of nitrogens with one attached hydrogen (secondary N) is 1. The lowest BCUT2D eigenvalue weighted by molar-refractivity contribution is -0.384. The molecule has 0 spiro atoms. The quantitative estimate of drug-likeness (QED) is 0.676. The molecule has 2 aromatic rings. The fourth-order valence-corrected chi connectivity index (χ4v) is 1.90. The maximum atomic E-state index is 11.0. The number of aryl methyl sites for hydroxylation is 2. The molecule has 5 heteroatoms. The van der Waals surface area contributed by atoms with Gasteiger partial charge in [0.05, 0.1) is 16.7 Å². The van der Waals surface area contributed by atoms with Crippen LogP contribution < -0.4 is 5.32 Å². The molecule has 0 fully saturated rings. The summed E-state index contributed by atoms with van der Waals surface area (Å²) in [6, 6.07) is 8.91. The summed E-state index contributed by atoms with van der Waals surface area (Å²) in [5.74, 6) is 0.491. The van der Waals surface area contributed by atoms with Gasteiger partial charge in [-0.25, -0.2) is 4.98 Å². The van der Waals surface area contributed by atoms with Crippen LogP contribution >= 0.6 is 0 Å². The molecule has 1 aromatic carbocycles. The van der Waals surface area contributed by atoms with Crippen molar-refractivity contribution in [3.05, 3.63) is 51.6 Å². The Balaban J connectivity index is 2.64. The minimum Gasteiger partial charge on any atom is -0.373 e. The van der Waals surface area contributed by atoms with E-state index in [0.29, 0.717) is 11.5 Å². The van der Waals surface area contributed by atoms with E-state index in [-0.39, 0.29) is 5.69 Å². The molecule has 0 unspecified atom stereocenters. The lowest BCUT2D eigenvalue weighted by Crippen LogP contribution is -1.98. The van der Waals surface area contributed by atoms with Gasteiger partial charge in [0.15, 0.2) is 0 Å². The number of rotatable bonds is 3. The van der Waals surface area contributed by atoms with Crippen LogP contribution in [0, 0.1) is 24.0 Å². The van der Waals surface area contributed by atoms with E-state index in [0.717, 1.165) is 16.7 Å². The number of hydrogen-bond acceptors (Lipinski definition) is 4. The monoisotopic (exact) mass is 257 g/mol. The largest absolute Gasteiger partial charge is 0.373 e. The standard InChI is InChI=1S/C14H15N3O2/c1-9-4-5-10(2)12(6-9)13-7-11(17(18)19)8-14(15-3)16-13/h4-8H,1-3H3,(H,15,16). The van der Waals surface area contributed by atoms with Crippen molar-refractivity contribution in [1.82, 2.24) is 4.98 Å². The van der Waals surface area contributed by atoms with Crippen LogP contribution in [-0.4, -0.2) is 17.0 Å². The lowest BCUT2D eigenvalue weighted by Gasteiger charge is -2.08. The molecule has 1 aromatic heterocycles. The van der Waals surface area contributed by atoms with Crippen LogP contribution in [0.4, 0.5) is 11.5 Å². The molecule has 1 heterocycles. The van der Waals surface area contributed by atoms with Crippen molar-refractivity contribution in [2.24, 2.45) is 0 Å². The zero-order valence-electron chi connectivity index (χ0n) is 11.1. The summed E-state index contributed by atoms with van der Waals surface area (Å²) in [5, 5.41) is 13.8. The van der Waals surface area contributed by atoms with Gasteiger partial charge in [-0.3, -0.25) is 10.1 Å². The number of nitro groups is 1. The molecule has 19 heavy (non-hydrogen) atoms. The topological polar surface area (TPSA) is 68.1 Å². The predicted octanol–water partition coefficient (Wildman–Crippen LogP) is 3.32. The third-order valence-corrected chi connectivity index (χ3v) is 2.95. The highest BCUT2D eigenvalue weighted by Gasteiger charge is 2.13. The van der Waals surface area contributed by atoms with E-state index in [1.165, 1.54) is 12.1 Å². The minimum atomic E-state index is -0.406. The first-order chi connectivity index (χ1) is 9.01. The molecule has 0 aliphatic carbocycles. The Kier molecular flexibility index (Phi) is 3.46. The van der Waals surface area contributed by atoms with E-state index >= 15 is 0 Å². The number of nitrogens with zero attached hydrogens (tertiary/aromatic N) is 2. The van der Waals surface area contributed by atoms with Gasteiger partial charge in [0.25, 0.3) is 5.69 Å². The summed E-state index contributed by atoms with van der Waals surface area (Å²) in [6.07, 6.45) is 0. The molecule has 2 rings (SSSR count). The second-order valence-corrected chi connectivity index (χ2v) is 4.42. The van der Waals surface area contributed by atoms with E-state index in [2.05, 4.69) is 10.3 Å². The summed E-state index contributed by atoms with van der Waals surface area (Å²) >= 11 is 0. The normalized spacial score (nSPS) is 10.3. The van der Waals surface area contributed by atoms with E-state index in [1.807, 2.05) is 32.0 Å². The van der Waals surface area contributed by atoms with Crippen LogP contribution in [0.3, 0.4) is 0 Å². The zero-order valence-corrected chi connectivity index (χ0v) is 11.1. The first-order valence-electron chi connectivity index (χ1n) is 5.93. The van der Waals surface area contributed by atoms with Gasteiger partial charge in [-0.2, -0.15) is 0 Å². The van der Waals surface area contributed by atoms with Crippen LogP contribution in [0.2, 0.25) is 0 Å². The van der Waals surface area contributed by atoms with Crippen LogP contribution in [0.25, 0.3) is 11.3 Å². The highest BCUT2D eigenvalue weighted by molar-refractivity contribution is 5.68. The van der Waals surface area contributed by atoms with E-state index in [9.17, 15) is 10.1 Å². The summed E-state index contributed by atoms with van der Waals surface area (Å²) in [7, 11) is 1.69. The van der Waals surface area contributed by atoms with Gasteiger partial charge in [0, 0.05) is 18.7 Å². The number of aromatic nitrogens is 1. The van der Waals surface area contributed by atoms with Crippen molar-refractivity contribution in [2.75, 3.05) is 12.4 Å². The van der Waals surface area contributed by atoms with Gasteiger partial charge in [0.1, 0.15) is 5.82 Å². The molecule has 1 N–H and O–H groups in total. The van der Waals surface area contributed by atoms with Gasteiger partial charge >= 0.3 is 0 Å². The van der Waals surface area contributed by atoms with Crippen molar-refractivity contribution >= 4 is 11.5 Å². The van der Waals surface area contributed by atoms with Crippen molar-refractivity contribution in [3.8, 4) is 11.3 Å². The molecule has 5 nitrogen and oxygen atoms in total. The zero-order chi connectivity index (χ0) is 14.0. The van der Waals surface area contributed by atoms with Gasteiger partial charge < -0.3 is 5.32 Å². The lowest BCUT2D eigenvalue weighted by atomic mass is 10.0. The molecular weight excluding hydrogens is 242 g/mol. The average molecular weight is 257 g/mol. The molecule has 0 amide bonds. The third-order valence-electron chi connectivity index (χ3n) is 2.95. The second kappa shape index (κ2) is 5.06. The van der Waals surface area contributed by atoms with Crippen LogP contribution in [0.15, 0.2) is 30.3 Å². The summed E-state index contributed by atoms with van der Waals surface area (Å²) in [4.78, 5) is 14.9. The van der Waals surface area contributed by atoms with E-state index in [4.69, 9.17) is 0 Å². The molecule has 0 radical (unpaired) electrons. The Bertz CT molecular complexity index is 639. The maximum absolute atomic E-state index is 11.0. The average Bonchev–Trinajstić information content (AvgIpc) is 2.40. The first kappa shape index (κ1) is 13.0. The summed E-state index contributed by atoms with van der Waals surface area (Å²) < 4.78 is 0. The fraction of sp³-hybridized carbons (Fsp3) is 0.214. The predicted molar refractivity (Wildman–Crippen MR) is 75.3 cm³/mol. The Hall–Kier alpha value is -2.43. The van der Waals surface area contributed by atoms with E-state index < -0.39 is 4.92 Å². The molecule has 0 bridgehead atoms. The van der Waals surface area contributed by atoms with E-state index in [1.54, 1.807) is 7.05 Å².